The summed E-state index contributed by atoms with van der Waals surface area (Å²) in [5, 5.41) is 0. The first kappa shape index (κ1) is 30.4. The summed E-state index contributed by atoms with van der Waals surface area (Å²) >= 11 is 1.18. The van der Waals surface area contributed by atoms with Crippen LogP contribution in [0, 0.1) is 0 Å². The van der Waals surface area contributed by atoms with E-state index in [1.54, 1.807) is 49.4 Å². The minimum atomic E-state index is -0.807. The average molecular weight is 597 g/mol. The van der Waals surface area contributed by atoms with Gasteiger partial charge in [-0.25, -0.2) is 14.6 Å². The summed E-state index contributed by atoms with van der Waals surface area (Å²) in [4.78, 5) is 43.1. The monoisotopic (exact) mass is 596 g/mol. The number of ether oxygens (including phenoxy) is 6. The summed E-state index contributed by atoms with van der Waals surface area (Å²) in [5.74, 6) is 0.692. The molecule has 11 nitrogen and oxygen atoms in total. The molecule has 0 saturated heterocycles. The lowest BCUT2D eigenvalue weighted by atomic mass is 9.97. The standard InChI is InChI=1S/C30H32N2O9S/c1-6-38-22-12-10-19(15-24(22)39-7-2)27-20(29(35)37-5)16-31-30-32(27)28(34)25(42-30)14-18-9-11-21(23(13-18)36-4)41-17-26(33)40-8-3/h9-16,27H,6-8,17H2,1-5H3/b25-14-/t27-/m1/s1. The van der Waals surface area contributed by atoms with Gasteiger partial charge in [-0.05, 0) is 62.2 Å². The fourth-order valence-corrected chi connectivity index (χ4v) is 5.34. The maximum atomic E-state index is 13.8. The molecule has 0 bridgehead atoms. The highest BCUT2D eigenvalue weighted by atomic mass is 32.1. The van der Waals surface area contributed by atoms with E-state index < -0.39 is 18.0 Å². The van der Waals surface area contributed by atoms with Crippen molar-refractivity contribution in [3.05, 3.63) is 79.0 Å². The Bertz CT molecular complexity index is 1670. The third-order valence-corrected chi connectivity index (χ3v) is 7.14. The molecular formula is C30H32N2O9S. The first-order valence-corrected chi connectivity index (χ1v) is 14.1. The number of methoxy groups -OCH3 is 2. The van der Waals surface area contributed by atoms with Crippen LogP contribution in [-0.4, -0.2) is 57.2 Å². The topological polar surface area (TPSA) is 124 Å². The van der Waals surface area contributed by atoms with E-state index in [0.717, 1.165) is 0 Å². The van der Waals surface area contributed by atoms with Crippen LogP contribution in [0.1, 0.15) is 37.9 Å². The van der Waals surface area contributed by atoms with Crippen molar-refractivity contribution in [2.45, 2.75) is 26.8 Å². The van der Waals surface area contributed by atoms with Crippen LogP contribution in [0.3, 0.4) is 0 Å². The second kappa shape index (κ2) is 13.9. The number of benzene rings is 2. The van der Waals surface area contributed by atoms with Crippen molar-refractivity contribution >= 4 is 29.4 Å². The van der Waals surface area contributed by atoms with E-state index in [0.29, 0.717) is 56.7 Å². The number of nitrogens with zero attached hydrogens (tertiary/aromatic N) is 2. The normalized spacial score (nSPS) is 14.3. The van der Waals surface area contributed by atoms with E-state index in [4.69, 9.17) is 28.4 Å². The molecule has 42 heavy (non-hydrogen) atoms. The first-order chi connectivity index (χ1) is 20.3. The number of fused-ring (bicyclic) bond motifs is 1. The lowest BCUT2D eigenvalue weighted by Gasteiger charge is -2.23. The molecule has 1 aliphatic heterocycles. The van der Waals surface area contributed by atoms with Gasteiger partial charge in [0.2, 0.25) is 0 Å². The van der Waals surface area contributed by atoms with Gasteiger partial charge in [0.25, 0.3) is 5.56 Å². The van der Waals surface area contributed by atoms with Crippen molar-refractivity contribution in [3.8, 4) is 23.0 Å². The Morgan fingerprint density at radius 3 is 2.33 bits per heavy atom. The van der Waals surface area contributed by atoms with Crippen LogP contribution in [0.4, 0.5) is 0 Å². The quantitative estimate of drug-likeness (QED) is 0.290. The number of esters is 2. The van der Waals surface area contributed by atoms with Crippen molar-refractivity contribution in [1.82, 2.24) is 4.57 Å². The van der Waals surface area contributed by atoms with Crippen LogP contribution in [-0.2, 0) is 19.1 Å². The third-order valence-electron chi connectivity index (χ3n) is 6.14. The summed E-state index contributed by atoms with van der Waals surface area (Å²) in [5.41, 5.74) is 1.15. The van der Waals surface area contributed by atoms with Crippen LogP contribution in [0.25, 0.3) is 6.08 Å². The molecule has 1 aliphatic rings. The number of thiazole rings is 1. The molecule has 0 N–H and O–H groups in total. The molecular weight excluding hydrogens is 564 g/mol. The molecule has 1 atom stereocenters. The van der Waals surface area contributed by atoms with Crippen molar-refractivity contribution in [2.75, 3.05) is 40.6 Å². The average Bonchev–Trinajstić information content (AvgIpc) is 3.31. The third kappa shape index (κ3) is 6.49. The maximum absolute atomic E-state index is 13.8. The Morgan fingerprint density at radius 2 is 1.64 bits per heavy atom. The van der Waals surface area contributed by atoms with E-state index in [1.165, 1.54) is 36.3 Å². The fourth-order valence-electron chi connectivity index (χ4n) is 4.37. The van der Waals surface area contributed by atoms with Gasteiger partial charge in [-0.2, -0.15) is 0 Å². The van der Waals surface area contributed by atoms with Crippen LogP contribution in [0.2, 0.25) is 0 Å². The number of hydrogen-bond acceptors (Lipinski definition) is 11. The molecule has 0 aliphatic carbocycles. The number of rotatable bonds is 12. The van der Waals surface area contributed by atoms with Gasteiger partial charge in [-0.15, -0.1) is 0 Å². The highest BCUT2D eigenvalue weighted by Gasteiger charge is 2.31. The zero-order valence-corrected chi connectivity index (χ0v) is 24.8. The minimum absolute atomic E-state index is 0.202. The molecule has 3 aromatic rings. The van der Waals surface area contributed by atoms with Gasteiger partial charge in [-0.3, -0.25) is 9.36 Å². The molecule has 0 amide bonds. The van der Waals surface area contributed by atoms with E-state index in [1.807, 2.05) is 13.8 Å². The Morgan fingerprint density at radius 1 is 0.929 bits per heavy atom. The largest absolute Gasteiger partial charge is 0.493 e. The Balaban J connectivity index is 1.78. The fraction of sp³-hybridized carbons (Fsp3) is 0.333. The second-order valence-electron chi connectivity index (χ2n) is 8.75. The van der Waals surface area contributed by atoms with Crippen LogP contribution < -0.4 is 33.8 Å². The van der Waals surface area contributed by atoms with Crippen molar-refractivity contribution in [1.29, 1.82) is 0 Å². The van der Waals surface area contributed by atoms with E-state index >= 15 is 0 Å². The Labute approximate surface area is 246 Å². The van der Waals surface area contributed by atoms with Gasteiger partial charge in [0.1, 0.15) is 0 Å². The number of hydrogen-bond donors (Lipinski definition) is 0. The molecule has 0 unspecified atom stereocenters. The van der Waals surface area contributed by atoms with E-state index in [9.17, 15) is 14.4 Å². The minimum Gasteiger partial charge on any atom is -0.493 e. The van der Waals surface area contributed by atoms with Gasteiger partial charge in [0, 0.05) is 6.20 Å². The smallest absolute Gasteiger partial charge is 0.344 e. The van der Waals surface area contributed by atoms with Crippen molar-refractivity contribution in [2.24, 2.45) is 4.99 Å². The van der Waals surface area contributed by atoms with Gasteiger partial charge in [0.05, 0.1) is 50.2 Å². The summed E-state index contributed by atoms with van der Waals surface area (Å²) in [6, 6.07) is 9.58. The Hall–Kier alpha value is -4.58. The lowest BCUT2D eigenvalue weighted by Crippen LogP contribution is -2.39. The highest BCUT2D eigenvalue weighted by Crippen LogP contribution is 2.35. The van der Waals surface area contributed by atoms with Gasteiger partial charge in [0.15, 0.2) is 34.4 Å². The zero-order chi connectivity index (χ0) is 30.2. The molecule has 1 aromatic heterocycles. The SMILES string of the molecule is CCOC(=O)COc1ccc(/C=c2\sc3n(c2=O)[C@H](c2ccc(OCC)c(OCC)c2)C(C(=O)OC)=CN=3)cc1OC. The number of aromatic nitrogens is 1. The number of carbonyl (C=O) groups is 2. The van der Waals surface area contributed by atoms with Gasteiger partial charge < -0.3 is 28.4 Å². The van der Waals surface area contributed by atoms with Gasteiger partial charge in [-0.1, -0.05) is 23.5 Å². The summed E-state index contributed by atoms with van der Waals surface area (Å²) in [6.45, 7) is 6.29. The molecule has 222 valence electrons. The molecule has 0 fully saturated rings. The van der Waals surface area contributed by atoms with Crippen molar-refractivity contribution < 1.29 is 38.0 Å². The predicted octanol–water partition coefficient (Wildman–Crippen LogP) is 2.77. The molecule has 0 saturated carbocycles. The molecule has 0 spiro atoms. The second-order valence-corrected chi connectivity index (χ2v) is 9.76. The van der Waals surface area contributed by atoms with E-state index in [-0.39, 0.29) is 24.3 Å². The molecule has 4 rings (SSSR count). The number of carbonyl (C=O) groups excluding carboxylic acids is 2. The van der Waals surface area contributed by atoms with Crippen LogP contribution in [0.5, 0.6) is 23.0 Å². The molecule has 2 aromatic carbocycles. The van der Waals surface area contributed by atoms with Crippen LogP contribution >= 0.6 is 11.3 Å². The predicted molar refractivity (Wildman–Crippen MR) is 155 cm³/mol. The summed E-state index contributed by atoms with van der Waals surface area (Å²) in [6.07, 6.45) is 3.13. The first-order valence-electron chi connectivity index (χ1n) is 13.3. The lowest BCUT2D eigenvalue weighted by molar-refractivity contribution is -0.145. The van der Waals surface area contributed by atoms with E-state index in [2.05, 4.69) is 4.99 Å². The summed E-state index contributed by atoms with van der Waals surface area (Å²) < 4.78 is 34.2. The highest BCUT2D eigenvalue weighted by molar-refractivity contribution is 7.07. The van der Waals surface area contributed by atoms with Gasteiger partial charge >= 0.3 is 11.9 Å². The molecule has 12 heteroatoms. The molecule has 0 radical (unpaired) electrons. The van der Waals surface area contributed by atoms with Crippen LogP contribution in [0.15, 0.2) is 58.0 Å². The molecule has 2 heterocycles. The zero-order valence-electron chi connectivity index (χ0n) is 24.0. The Kier molecular flexibility index (Phi) is 10.0. The van der Waals surface area contributed by atoms with Crippen molar-refractivity contribution in [3.63, 3.8) is 0 Å². The summed E-state index contributed by atoms with van der Waals surface area (Å²) in [7, 11) is 2.76. The maximum Gasteiger partial charge on any atom is 0.344 e.